The number of hydrogen-bond donors (Lipinski definition) is 1. The Kier molecular flexibility index (Phi) is 5.26. The number of rotatable bonds is 3. The molecule has 0 spiro atoms. The summed E-state index contributed by atoms with van der Waals surface area (Å²) in [4.78, 5) is 23.6. The third-order valence-electron chi connectivity index (χ3n) is 5.26. The number of hydrogen-bond acceptors (Lipinski definition) is 4. The van der Waals surface area contributed by atoms with Gasteiger partial charge in [-0.15, -0.1) is 0 Å². The topological polar surface area (TPSA) is 66.3 Å². The summed E-state index contributed by atoms with van der Waals surface area (Å²) in [5.41, 5.74) is 1.73. The van der Waals surface area contributed by atoms with Crippen molar-refractivity contribution in [2.75, 3.05) is 13.1 Å². The minimum atomic E-state index is -0.0390. The Balaban J connectivity index is 1.73. The summed E-state index contributed by atoms with van der Waals surface area (Å²) >= 11 is 0. The maximum atomic E-state index is 12.8. The number of aromatic nitrogens is 2. The van der Waals surface area contributed by atoms with Crippen molar-refractivity contribution in [1.29, 1.82) is 0 Å². The van der Waals surface area contributed by atoms with Crippen LogP contribution in [0.4, 0.5) is 0 Å². The van der Waals surface area contributed by atoms with E-state index < -0.39 is 0 Å². The van der Waals surface area contributed by atoms with Crippen molar-refractivity contribution >= 4 is 5.91 Å². The van der Waals surface area contributed by atoms with Crippen LogP contribution in [-0.2, 0) is 11.4 Å². The number of aliphatic hydroxyl groups excluding tert-OH is 1. The van der Waals surface area contributed by atoms with Crippen molar-refractivity contribution in [3.05, 3.63) is 23.3 Å². The first kappa shape index (κ1) is 16.4. The zero-order chi connectivity index (χ0) is 16.2. The summed E-state index contributed by atoms with van der Waals surface area (Å²) in [5, 5.41) is 9.56. The predicted molar refractivity (Wildman–Crippen MR) is 87.8 cm³/mol. The summed E-state index contributed by atoms with van der Waals surface area (Å²) < 4.78 is 0. The lowest BCUT2D eigenvalue weighted by Crippen LogP contribution is -2.43. The number of nitrogens with zero attached hydrogens (tertiary/aromatic N) is 3. The van der Waals surface area contributed by atoms with Crippen molar-refractivity contribution in [3.63, 3.8) is 0 Å². The second-order valence-electron chi connectivity index (χ2n) is 6.94. The molecular formula is C18H27N3O2. The smallest absolute Gasteiger partial charge is 0.225 e. The lowest BCUT2D eigenvalue weighted by Gasteiger charge is -2.36. The molecule has 0 bridgehead atoms. The SMILES string of the molecule is Cc1ncc(CO)c(C2CCCN(C(=O)C3CCCCC3)C2)n1. The Bertz CT molecular complexity index is 555. The van der Waals surface area contributed by atoms with Crippen LogP contribution in [0.15, 0.2) is 6.20 Å². The van der Waals surface area contributed by atoms with E-state index in [-0.39, 0.29) is 18.4 Å². The van der Waals surface area contributed by atoms with Crippen LogP contribution in [0.25, 0.3) is 0 Å². The first-order valence-corrected chi connectivity index (χ1v) is 8.91. The summed E-state index contributed by atoms with van der Waals surface area (Å²) in [5.74, 6) is 1.52. The van der Waals surface area contributed by atoms with E-state index in [1.54, 1.807) is 6.20 Å². The molecule has 1 aliphatic carbocycles. The van der Waals surface area contributed by atoms with Crippen LogP contribution in [0.5, 0.6) is 0 Å². The highest BCUT2D eigenvalue weighted by molar-refractivity contribution is 5.79. The van der Waals surface area contributed by atoms with Crippen molar-refractivity contribution < 1.29 is 9.90 Å². The Hall–Kier alpha value is -1.49. The third-order valence-corrected chi connectivity index (χ3v) is 5.26. The molecule has 1 N–H and O–H groups in total. The number of aryl methyl sites for hydroxylation is 1. The van der Waals surface area contributed by atoms with Gasteiger partial charge < -0.3 is 10.0 Å². The molecule has 0 aromatic carbocycles. The van der Waals surface area contributed by atoms with Crippen LogP contribution < -0.4 is 0 Å². The van der Waals surface area contributed by atoms with E-state index in [1.165, 1.54) is 19.3 Å². The van der Waals surface area contributed by atoms with Crippen LogP contribution >= 0.6 is 0 Å². The summed E-state index contributed by atoms with van der Waals surface area (Å²) in [6.07, 6.45) is 9.50. The van der Waals surface area contributed by atoms with Gasteiger partial charge in [-0.3, -0.25) is 4.79 Å². The quantitative estimate of drug-likeness (QED) is 0.930. The van der Waals surface area contributed by atoms with E-state index in [4.69, 9.17) is 0 Å². The second kappa shape index (κ2) is 7.39. The fourth-order valence-corrected chi connectivity index (χ4v) is 4.00. The molecule has 1 aromatic heterocycles. The molecular weight excluding hydrogens is 290 g/mol. The largest absolute Gasteiger partial charge is 0.392 e. The van der Waals surface area contributed by atoms with Crippen LogP contribution in [0.1, 0.15) is 67.9 Å². The fraction of sp³-hybridized carbons (Fsp3) is 0.722. The Labute approximate surface area is 138 Å². The number of amides is 1. The minimum Gasteiger partial charge on any atom is -0.392 e. The molecule has 5 heteroatoms. The Morgan fingerprint density at radius 2 is 2.04 bits per heavy atom. The summed E-state index contributed by atoms with van der Waals surface area (Å²) in [7, 11) is 0. The van der Waals surface area contributed by atoms with Gasteiger partial charge in [0.15, 0.2) is 0 Å². The zero-order valence-electron chi connectivity index (χ0n) is 14.0. The van der Waals surface area contributed by atoms with Crippen molar-refractivity contribution in [1.82, 2.24) is 14.9 Å². The van der Waals surface area contributed by atoms with Gasteiger partial charge in [0.1, 0.15) is 5.82 Å². The van der Waals surface area contributed by atoms with Gasteiger partial charge in [0.2, 0.25) is 5.91 Å². The maximum absolute atomic E-state index is 12.8. The molecule has 2 fully saturated rings. The Morgan fingerprint density at radius 3 is 2.78 bits per heavy atom. The number of carbonyl (C=O) groups is 1. The van der Waals surface area contributed by atoms with Gasteiger partial charge in [-0.2, -0.15) is 0 Å². The molecule has 2 aliphatic rings. The van der Waals surface area contributed by atoms with Crippen LogP contribution in [0.2, 0.25) is 0 Å². The number of piperidine rings is 1. The van der Waals surface area contributed by atoms with Gasteiger partial charge in [0, 0.05) is 36.7 Å². The molecule has 1 saturated heterocycles. The average molecular weight is 317 g/mol. The van der Waals surface area contributed by atoms with E-state index in [0.717, 1.165) is 55.9 Å². The van der Waals surface area contributed by atoms with Crippen molar-refractivity contribution in [2.45, 2.75) is 64.4 Å². The molecule has 126 valence electrons. The lowest BCUT2D eigenvalue weighted by molar-refractivity contribution is -0.137. The van der Waals surface area contributed by atoms with E-state index >= 15 is 0 Å². The predicted octanol–water partition coefficient (Wildman–Crippen LogP) is 2.56. The number of aliphatic hydroxyl groups is 1. The van der Waals surface area contributed by atoms with Gasteiger partial charge in [-0.05, 0) is 32.6 Å². The standard InChI is InChI=1S/C18H27N3O2/c1-13-19-10-16(12-22)17(20-13)15-8-5-9-21(11-15)18(23)14-6-3-2-4-7-14/h10,14-15,22H,2-9,11-12H2,1H3. The third kappa shape index (κ3) is 3.71. The summed E-state index contributed by atoms with van der Waals surface area (Å²) in [6.45, 7) is 3.43. The van der Waals surface area contributed by atoms with Gasteiger partial charge in [0.25, 0.3) is 0 Å². The van der Waals surface area contributed by atoms with Crippen LogP contribution in [-0.4, -0.2) is 39.0 Å². The first-order chi connectivity index (χ1) is 11.2. The average Bonchev–Trinajstić information content (AvgIpc) is 2.62. The molecule has 1 saturated carbocycles. The highest BCUT2D eigenvalue weighted by atomic mass is 16.3. The molecule has 2 heterocycles. The lowest BCUT2D eigenvalue weighted by atomic mass is 9.86. The zero-order valence-corrected chi connectivity index (χ0v) is 14.0. The molecule has 1 atom stereocenters. The molecule has 23 heavy (non-hydrogen) atoms. The van der Waals surface area contributed by atoms with Gasteiger partial charge in [-0.25, -0.2) is 9.97 Å². The van der Waals surface area contributed by atoms with E-state index in [0.29, 0.717) is 5.91 Å². The minimum absolute atomic E-state index is 0.0390. The van der Waals surface area contributed by atoms with Crippen LogP contribution in [0.3, 0.4) is 0 Å². The number of carbonyl (C=O) groups excluding carboxylic acids is 1. The molecule has 1 aromatic rings. The maximum Gasteiger partial charge on any atom is 0.225 e. The van der Waals surface area contributed by atoms with E-state index in [2.05, 4.69) is 9.97 Å². The molecule has 0 radical (unpaired) electrons. The van der Waals surface area contributed by atoms with Crippen molar-refractivity contribution in [3.8, 4) is 0 Å². The molecule has 1 aliphatic heterocycles. The molecule has 1 amide bonds. The van der Waals surface area contributed by atoms with E-state index in [1.807, 2.05) is 11.8 Å². The number of likely N-dealkylation sites (tertiary alicyclic amines) is 1. The molecule has 3 rings (SSSR count). The first-order valence-electron chi connectivity index (χ1n) is 8.91. The summed E-state index contributed by atoms with van der Waals surface area (Å²) in [6, 6.07) is 0. The molecule has 1 unspecified atom stereocenters. The van der Waals surface area contributed by atoms with Gasteiger partial charge in [0.05, 0.1) is 12.3 Å². The van der Waals surface area contributed by atoms with E-state index in [9.17, 15) is 9.90 Å². The second-order valence-corrected chi connectivity index (χ2v) is 6.94. The monoisotopic (exact) mass is 317 g/mol. The van der Waals surface area contributed by atoms with Crippen molar-refractivity contribution in [2.24, 2.45) is 5.92 Å². The van der Waals surface area contributed by atoms with Gasteiger partial charge >= 0.3 is 0 Å². The highest BCUT2D eigenvalue weighted by Gasteiger charge is 2.31. The fourth-order valence-electron chi connectivity index (χ4n) is 4.00. The van der Waals surface area contributed by atoms with Gasteiger partial charge in [-0.1, -0.05) is 19.3 Å². The van der Waals surface area contributed by atoms with Crippen LogP contribution in [0, 0.1) is 12.8 Å². The Morgan fingerprint density at radius 1 is 1.26 bits per heavy atom. The highest BCUT2D eigenvalue weighted by Crippen LogP contribution is 2.31. The normalized spacial score (nSPS) is 23.0. The molecule has 5 nitrogen and oxygen atoms in total.